The number of carbonyl (C=O) groups excluding carboxylic acids is 2. The fourth-order valence-corrected chi connectivity index (χ4v) is 3.46. The summed E-state index contributed by atoms with van der Waals surface area (Å²) in [4.78, 5) is 39.5. The lowest BCUT2D eigenvalue weighted by molar-refractivity contribution is -0.124. The molecule has 2 rings (SSSR count). The average Bonchev–Trinajstić information content (AvgIpc) is 2.56. The summed E-state index contributed by atoms with van der Waals surface area (Å²) in [5.74, 6) is -1.22. The van der Waals surface area contributed by atoms with E-state index in [9.17, 15) is 14.4 Å². The molecule has 0 aromatic carbocycles. The molecule has 0 atom stereocenters. The van der Waals surface area contributed by atoms with Gasteiger partial charge in [0.15, 0.2) is 0 Å². The van der Waals surface area contributed by atoms with E-state index in [2.05, 4.69) is 15.6 Å². The van der Waals surface area contributed by atoms with E-state index in [1.54, 1.807) is 13.8 Å². The van der Waals surface area contributed by atoms with Crippen LogP contribution < -0.4 is 16.4 Å². The van der Waals surface area contributed by atoms with Crippen molar-refractivity contribution in [1.82, 2.24) is 10.3 Å². The second-order valence-electron chi connectivity index (χ2n) is 7.82. The van der Waals surface area contributed by atoms with E-state index in [1.165, 1.54) is 25.5 Å². The van der Waals surface area contributed by atoms with Gasteiger partial charge in [0.25, 0.3) is 0 Å². The highest BCUT2D eigenvalue weighted by atomic mass is 16.4. The van der Waals surface area contributed by atoms with Crippen molar-refractivity contribution in [3.05, 3.63) is 18.0 Å². The molecular weight excluding hydrogens is 348 g/mol. The molecule has 1 fully saturated rings. The summed E-state index contributed by atoms with van der Waals surface area (Å²) >= 11 is 0. The molecule has 0 aliphatic heterocycles. The van der Waals surface area contributed by atoms with E-state index in [0.29, 0.717) is 12.3 Å². The number of nitrogens with two attached hydrogens (primary N) is 1. The van der Waals surface area contributed by atoms with Gasteiger partial charge in [-0.2, -0.15) is 0 Å². The van der Waals surface area contributed by atoms with Gasteiger partial charge in [-0.05, 0) is 32.6 Å². The maximum atomic E-state index is 12.3. The maximum absolute atomic E-state index is 12.3. The van der Waals surface area contributed by atoms with Crippen molar-refractivity contribution in [3.63, 3.8) is 0 Å². The Labute approximate surface area is 158 Å². The molecule has 1 heterocycles. The number of aromatic carboxylic acids is 1. The molecule has 27 heavy (non-hydrogen) atoms. The largest absolute Gasteiger partial charge is 0.478 e. The van der Waals surface area contributed by atoms with Crippen LogP contribution >= 0.6 is 0 Å². The summed E-state index contributed by atoms with van der Waals surface area (Å²) in [6, 6.07) is 0. The van der Waals surface area contributed by atoms with Gasteiger partial charge in [-0.15, -0.1) is 0 Å². The molecule has 0 bridgehead atoms. The number of hydrogen-bond donors (Lipinski definition) is 4. The number of hydrogen-bond acceptors (Lipinski definition) is 5. The third kappa shape index (κ3) is 6.23. The minimum absolute atomic E-state index is 0.0279. The molecular formula is C19H28N4O4. The lowest BCUT2D eigenvalue weighted by Gasteiger charge is -2.28. The molecule has 1 saturated carbocycles. The van der Waals surface area contributed by atoms with Gasteiger partial charge < -0.3 is 21.5 Å². The Kier molecular flexibility index (Phi) is 6.76. The van der Waals surface area contributed by atoms with Gasteiger partial charge in [-0.3, -0.25) is 14.6 Å². The van der Waals surface area contributed by atoms with Crippen LogP contribution in [0.3, 0.4) is 0 Å². The molecule has 0 radical (unpaired) electrons. The zero-order valence-electron chi connectivity index (χ0n) is 15.9. The first-order valence-electron chi connectivity index (χ1n) is 9.25. The molecule has 8 nitrogen and oxygen atoms in total. The summed E-state index contributed by atoms with van der Waals surface area (Å²) in [7, 11) is 0. The van der Waals surface area contributed by atoms with Crippen molar-refractivity contribution in [1.29, 1.82) is 0 Å². The van der Waals surface area contributed by atoms with Crippen molar-refractivity contribution < 1.29 is 19.5 Å². The average molecular weight is 376 g/mol. The Morgan fingerprint density at radius 1 is 1.19 bits per heavy atom. The van der Waals surface area contributed by atoms with Crippen LogP contribution in [0.25, 0.3) is 0 Å². The molecule has 1 aromatic rings. The molecule has 148 valence electrons. The van der Waals surface area contributed by atoms with Crippen molar-refractivity contribution in [2.75, 3.05) is 11.1 Å². The van der Waals surface area contributed by atoms with E-state index < -0.39 is 11.5 Å². The molecule has 5 N–H and O–H groups in total. The van der Waals surface area contributed by atoms with E-state index in [0.717, 1.165) is 19.0 Å². The van der Waals surface area contributed by atoms with Crippen LogP contribution in [0, 0.1) is 5.92 Å². The van der Waals surface area contributed by atoms with Crippen LogP contribution in [0.2, 0.25) is 0 Å². The quantitative estimate of drug-likeness (QED) is 0.578. The highest BCUT2D eigenvalue weighted by Crippen LogP contribution is 2.27. The van der Waals surface area contributed by atoms with Gasteiger partial charge in [0.1, 0.15) is 5.56 Å². The van der Waals surface area contributed by atoms with Crippen LogP contribution in [0.4, 0.5) is 11.4 Å². The van der Waals surface area contributed by atoms with Gasteiger partial charge in [-0.1, -0.05) is 19.3 Å². The molecule has 1 aliphatic rings. The number of nitrogens with zero attached hydrogens (tertiary/aromatic N) is 1. The van der Waals surface area contributed by atoms with E-state index in [1.807, 2.05) is 0 Å². The van der Waals surface area contributed by atoms with Crippen LogP contribution in [0.5, 0.6) is 0 Å². The van der Waals surface area contributed by atoms with E-state index >= 15 is 0 Å². The summed E-state index contributed by atoms with van der Waals surface area (Å²) in [5, 5.41) is 14.6. The number of carbonyl (C=O) groups is 3. The Hall–Kier alpha value is -2.64. The Bertz CT molecular complexity index is 712. The topological polar surface area (TPSA) is 134 Å². The fourth-order valence-electron chi connectivity index (χ4n) is 3.46. The second kappa shape index (κ2) is 8.83. The lowest BCUT2D eigenvalue weighted by atomic mass is 9.86. The zero-order valence-corrected chi connectivity index (χ0v) is 15.9. The fraction of sp³-hybridized carbons (Fsp3) is 0.579. The van der Waals surface area contributed by atoms with Crippen molar-refractivity contribution in [3.8, 4) is 0 Å². The molecule has 2 amide bonds. The Morgan fingerprint density at radius 2 is 1.85 bits per heavy atom. The minimum Gasteiger partial charge on any atom is -0.478 e. The monoisotopic (exact) mass is 376 g/mol. The predicted octanol–water partition coefficient (Wildman–Crippen LogP) is 2.56. The number of carboxylic acids is 1. The van der Waals surface area contributed by atoms with E-state index in [4.69, 9.17) is 10.8 Å². The maximum Gasteiger partial charge on any atom is 0.339 e. The number of nitrogens with one attached hydrogen (secondary N) is 2. The molecule has 0 spiro atoms. The summed E-state index contributed by atoms with van der Waals surface area (Å²) in [6.07, 6.45) is 8.70. The molecule has 0 unspecified atom stereocenters. The number of carboxylic acid groups (broad SMARTS) is 1. The lowest BCUT2D eigenvalue weighted by Crippen LogP contribution is -2.46. The second-order valence-corrected chi connectivity index (χ2v) is 7.82. The third-order valence-electron chi connectivity index (χ3n) is 4.77. The summed E-state index contributed by atoms with van der Waals surface area (Å²) in [6.45, 7) is 3.56. The molecule has 1 aliphatic carbocycles. The third-order valence-corrected chi connectivity index (χ3v) is 4.77. The van der Waals surface area contributed by atoms with Crippen molar-refractivity contribution >= 4 is 29.2 Å². The number of pyridine rings is 1. The van der Waals surface area contributed by atoms with Gasteiger partial charge in [0, 0.05) is 24.6 Å². The van der Waals surface area contributed by atoms with Gasteiger partial charge >= 0.3 is 5.97 Å². The molecule has 1 aromatic heterocycles. The number of amides is 2. The van der Waals surface area contributed by atoms with Crippen molar-refractivity contribution in [2.45, 2.75) is 64.3 Å². The molecule has 8 heteroatoms. The zero-order chi connectivity index (χ0) is 20.0. The summed E-state index contributed by atoms with van der Waals surface area (Å²) < 4.78 is 0. The first-order valence-corrected chi connectivity index (χ1v) is 9.25. The van der Waals surface area contributed by atoms with Crippen LogP contribution in [-0.4, -0.2) is 33.4 Å². The highest BCUT2D eigenvalue weighted by Gasteiger charge is 2.26. The highest BCUT2D eigenvalue weighted by molar-refractivity contribution is 6.01. The number of rotatable bonds is 7. The molecule has 0 saturated heterocycles. The minimum atomic E-state index is -1.22. The number of nitrogen functional groups attached to an aromatic ring is 1. The smallest absolute Gasteiger partial charge is 0.339 e. The standard InChI is InChI=1S/C19H28N4O4/c1-19(2,23-15(24)8-12-6-4-3-5-7-12)9-16(25)22-14-11-21-10-13(17(14)20)18(26)27/h10-12H,3-9H2,1-2H3,(H2,20,21)(H,22,25)(H,23,24)(H,26,27). The van der Waals surface area contributed by atoms with Gasteiger partial charge in [0.2, 0.25) is 11.8 Å². The van der Waals surface area contributed by atoms with Crippen LogP contribution in [0.1, 0.15) is 69.2 Å². The Morgan fingerprint density at radius 3 is 2.48 bits per heavy atom. The van der Waals surface area contributed by atoms with Gasteiger partial charge in [-0.25, -0.2) is 4.79 Å². The number of anilines is 2. The van der Waals surface area contributed by atoms with Crippen molar-refractivity contribution in [2.24, 2.45) is 5.92 Å². The van der Waals surface area contributed by atoms with Crippen LogP contribution in [0.15, 0.2) is 12.4 Å². The first kappa shape index (κ1) is 20.7. The predicted molar refractivity (Wildman–Crippen MR) is 102 cm³/mol. The van der Waals surface area contributed by atoms with Gasteiger partial charge in [0.05, 0.1) is 17.6 Å². The van der Waals surface area contributed by atoms with E-state index in [-0.39, 0.29) is 35.2 Å². The SMILES string of the molecule is CC(C)(CC(=O)Nc1cncc(C(=O)O)c1N)NC(=O)CC1CCCCC1. The normalized spacial score (nSPS) is 15.2. The Balaban J connectivity index is 1.90. The number of aromatic nitrogens is 1. The first-order chi connectivity index (χ1) is 12.7. The summed E-state index contributed by atoms with van der Waals surface area (Å²) in [5.41, 5.74) is 4.96. The van der Waals surface area contributed by atoms with Crippen LogP contribution in [-0.2, 0) is 9.59 Å².